The Bertz CT molecular complexity index is 1550. The molecular weight excluding hydrogens is 562 g/mol. The van der Waals surface area contributed by atoms with Crippen LogP contribution < -0.4 is 14.5 Å². The zero-order valence-corrected chi connectivity index (χ0v) is 25.5. The van der Waals surface area contributed by atoms with E-state index in [0.717, 1.165) is 77.3 Å². The van der Waals surface area contributed by atoms with Gasteiger partial charge in [-0.3, -0.25) is 4.79 Å². The second kappa shape index (κ2) is 12.8. The highest BCUT2D eigenvalue weighted by atomic mass is 35.5. The molecule has 2 unspecified atom stereocenters. The summed E-state index contributed by atoms with van der Waals surface area (Å²) in [5, 5.41) is 12.4. The largest absolute Gasteiger partial charge is 0.462 e. The Balaban J connectivity index is 1.36. The number of carbonyl (C=O) groups excluding carboxylic acids is 1. The average molecular weight is 600 g/mol. The molecule has 9 nitrogen and oxygen atoms in total. The molecule has 0 saturated carbocycles. The summed E-state index contributed by atoms with van der Waals surface area (Å²) >= 11 is 6.73. The summed E-state index contributed by atoms with van der Waals surface area (Å²) < 4.78 is 6.32. The predicted molar refractivity (Wildman–Crippen MR) is 170 cm³/mol. The normalized spacial score (nSPS) is 20.9. The molecule has 0 N–H and O–H groups in total. The maximum atomic E-state index is 12.6. The number of amides is 1. The molecule has 2 aromatic carbocycles. The van der Waals surface area contributed by atoms with Crippen LogP contribution in [0.4, 0.5) is 11.5 Å². The van der Waals surface area contributed by atoms with E-state index in [2.05, 4.69) is 58.7 Å². The fourth-order valence-electron chi connectivity index (χ4n) is 6.76. The molecule has 1 aromatic heterocycles. The summed E-state index contributed by atoms with van der Waals surface area (Å²) in [4.78, 5) is 31.3. The van der Waals surface area contributed by atoms with Crippen molar-refractivity contribution in [1.82, 2.24) is 19.8 Å². The first-order chi connectivity index (χ1) is 21.0. The number of anilines is 2. The Morgan fingerprint density at radius 1 is 1.12 bits per heavy atom. The maximum absolute atomic E-state index is 12.6. The van der Waals surface area contributed by atoms with E-state index < -0.39 is 0 Å². The van der Waals surface area contributed by atoms with Crippen LogP contribution in [0.5, 0.6) is 6.01 Å². The van der Waals surface area contributed by atoms with Crippen LogP contribution in [-0.2, 0) is 17.8 Å². The van der Waals surface area contributed by atoms with Crippen LogP contribution in [-0.4, -0.2) is 84.1 Å². The predicted octanol–water partition coefficient (Wildman–Crippen LogP) is 4.83. The fourth-order valence-corrected chi connectivity index (χ4v) is 7.03. The van der Waals surface area contributed by atoms with Gasteiger partial charge in [-0.2, -0.15) is 15.2 Å². The number of hydrogen-bond donors (Lipinski definition) is 0. The summed E-state index contributed by atoms with van der Waals surface area (Å²) in [5.41, 5.74) is 3.15. The molecule has 2 atom stereocenters. The van der Waals surface area contributed by atoms with Crippen molar-refractivity contribution >= 4 is 39.8 Å². The van der Waals surface area contributed by atoms with Gasteiger partial charge < -0.3 is 24.3 Å². The highest BCUT2D eigenvalue weighted by Crippen LogP contribution is 2.37. The minimum atomic E-state index is -0.244. The number of rotatable bonds is 7. The topological polar surface area (TPSA) is 88.8 Å². The van der Waals surface area contributed by atoms with Crippen molar-refractivity contribution in [3.63, 3.8) is 0 Å². The van der Waals surface area contributed by atoms with Crippen molar-refractivity contribution in [2.75, 3.05) is 56.2 Å². The molecule has 10 heteroatoms. The summed E-state index contributed by atoms with van der Waals surface area (Å²) in [5.74, 6) is 0.710. The lowest BCUT2D eigenvalue weighted by molar-refractivity contribution is -0.128. The molecule has 3 aliphatic rings. The van der Waals surface area contributed by atoms with Crippen molar-refractivity contribution in [2.24, 2.45) is 0 Å². The number of halogens is 1. The van der Waals surface area contributed by atoms with Crippen molar-refractivity contribution in [2.45, 2.75) is 50.7 Å². The molecule has 43 heavy (non-hydrogen) atoms. The van der Waals surface area contributed by atoms with Crippen LogP contribution in [0, 0.1) is 11.3 Å². The number of ether oxygens (including phenoxy) is 1. The summed E-state index contributed by atoms with van der Waals surface area (Å²) in [6.45, 7) is 8.35. The Morgan fingerprint density at radius 3 is 2.72 bits per heavy atom. The third-order valence-corrected chi connectivity index (χ3v) is 9.38. The van der Waals surface area contributed by atoms with Gasteiger partial charge in [0.25, 0.3) is 0 Å². The molecule has 4 heterocycles. The lowest BCUT2D eigenvalue weighted by atomic mass is 10.1. The van der Waals surface area contributed by atoms with Crippen LogP contribution in [0.3, 0.4) is 0 Å². The van der Waals surface area contributed by atoms with Crippen LogP contribution in [0.2, 0.25) is 5.02 Å². The average Bonchev–Trinajstić information content (AvgIpc) is 3.31. The monoisotopic (exact) mass is 599 g/mol. The number of nitriles is 1. The lowest BCUT2D eigenvalue weighted by Gasteiger charge is -2.41. The van der Waals surface area contributed by atoms with Gasteiger partial charge in [-0.15, -0.1) is 0 Å². The van der Waals surface area contributed by atoms with Crippen molar-refractivity contribution < 1.29 is 9.53 Å². The fraction of sp³-hybridized carbons (Fsp3) is 0.455. The van der Waals surface area contributed by atoms with E-state index in [0.29, 0.717) is 44.8 Å². The van der Waals surface area contributed by atoms with E-state index in [1.807, 2.05) is 12.1 Å². The van der Waals surface area contributed by atoms with E-state index in [-0.39, 0.29) is 18.4 Å². The number of aromatic nitrogens is 2. The molecule has 0 radical (unpaired) electrons. The van der Waals surface area contributed by atoms with Gasteiger partial charge in [-0.1, -0.05) is 42.4 Å². The van der Waals surface area contributed by atoms with E-state index in [4.69, 9.17) is 26.3 Å². The number of hydrogen-bond acceptors (Lipinski definition) is 8. The Morgan fingerprint density at radius 2 is 1.95 bits per heavy atom. The number of fused-ring (bicyclic) bond motifs is 2. The van der Waals surface area contributed by atoms with Gasteiger partial charge in [0.1, 0.15) is 12.4 Å². The molecule has 0 bridgehead atoms. The minimum Gasteiger partial charge on any atom is -0.462 e. The molecule has 224 valence electrons. The van der Waals surface area contributed by atoms with Gasteiger partial charge in [0.15, 0.2) is 0 Å². The quantitative estimate of drug-likeness (QED) is 0.357. The molecule has 1 amide bonds. The number of likely N-dealkylation sites (N-methyl/N-ethyl adjacent to an activating group) is 1. The SMILES string of the molecule is C=CC(=O)N1CCN(c2nc(OCC3CCCN3C)nc3c2CCCN(c2cccc4cccc(Cl)c24)C3)CC1CC#N. The minimum absolute atomic E-state index is 0.143. The van der Waals surface area contributed by atoms with Gasteiger partial charge in [0.05, 0.1) is 35.8 Å². The van der Waals surface area contributed by atoms with Crippen LogP contribution >= 0.6 is 11.6 Å². The van der Waals surface area contributed by atoms with E-state index in [1.54, 1.807) is 4.90 Å². The van der Waals surface area contributed by atoms with Gasteiger partial charge in [-0.05, 0) is 62.9 Å². The third-order valence-electron chi connectivity index (χ3n) is 9.06. The summed E-state index contributed by atoms with van der Waals surface area (Å²) in [6, 6.07) is 15.1. The highest BCUT2D eigenvalue weighted by molar-refractivity contribution is 6.36. The van der Waals surface area contributed by atoms with Gasteiger partial charge in [0, 0.05) is 48.9 Å². The summed E-state index contributed by atoms with van der Waals surface area (Å²) in [6.07, 6.45) is 5.58. The first kappa shape index (κ1) is 29.2. The second-order valence-electron chi connectivity index (χ2n) is 11.7. The zero-order valence-electron chi connectivity index (χ0n) is 24.7. The standard InChI is InChI=1S/C33H38ClN7O2/c1-3-30(42)41-19-18-40(20-24(41)14-15-35)32-26-11-7-17-39(29-13-5-9-23-8-4-12-27(34)31(23)29)21-28(26)36-33(37-32)43-22-25-10-6-16-38(25)2/h3-5,8-9,12-13,24-25H,1,6-7,10-11,14,16-22H2,2H3. The Kier molecular flexibility index (Phi) is 8.68. The number of benzene rings is 2. The number of carbonyl (C=O) groups is 1. The van der Waals surface area contributed by atoms with Crippen LogP contribution in [0.1, 0.15) is 36.9 Å². The maximum Gasteiger partial charge on any atom is 0.318 e. The molecule has 3 aliphatic heterocycles. The van der Waals surface area contributed by atoms with Crippen molar-refractivity contribution in [1.29, 1.82) is 5.26 Å². The van der Waals surface area contributed by atoms with Gasteiger partial charge in [-0.25, -0.2) is 0 Å². The highest BCUT2D eigenvalue weighted by Gasteiger charge is 2.33. The van der Waals surface area contributed by atoms with Gasteiger partial charge >= 0.3 is 6.01 Å². The summed E-state index contributed by atoms with van der Waals surface area (Å²) in [7, 11) is 2.14. The molecule has 0 spiro atoms. The number of likely N-dealkylation sites (tertiary alicyclic amines) is 1. The lowest BCUT2D eigenvalue weighted by Crippen LogP contribution is -2.55. The van der Waals surface area contributed by atoms with Crippen LogP contribution in [0.25, 0.3) is 10.8 Å². The molecule has 2 saturated heterocycles. The zero-order chi connectivity index (χ0) is 29.9. The molecule has 2 fully saturated rings. The van der Waals surface area contributed by atoms with Crippen LogP contribution in [0.15, 0.2) is 49.1 Å². The Hall–Kier alpha value is -3.87. The number of piperazine rings is 1. The smallest absolute Gasteiger partial charge is 0.318 e. The molecule has 6 rings (SSSR count). The molecule has 3 aromatic rings. The van der Waals surface area contributed by atoms with E-state index >= 15 is 0 Å². The first-order valence-electron chi connectivity index (χ1n) is 15.2. The van der Waals surface area contributed by atoms with Crippen molar-refractivity contribution in [3.05, 3.63) is 65.3 Å². The third kappa shape index (κ3) is 5.99. The second-order valence-corrected chi connectivity index (χ2v) is 12.1. The Labute approximate surface area is 258 Å². The molecule has 0 aliphatic carbocycles. The van der Waals surface area contributed by atoms with E-state index in [9.17, 15) is 10.1 Å². The molecular formula is C33H38ClN7O2. The number of nitrogens with zero attached hydrogens (tertiary/aromatic N) is 7. The van der Waals surface area contributed by atoms with Crippen molar-refractivity contribution in [3.8, 4) is 12.1 Å². The van der Waals surface area contributed by atoms with E-state index in [1.165, 1.54) is 6.08 Å². The first-order valence-corrected chi connectivity index (χ1v) is 15.5. The van der Waals surface area contributed by atoms with Gasteiger partial charge in [0.2, 0.25) is 5.91 Å².